The molecular weight excluding hydrogens is 224 g/mol. The summed E-state index contributed by atoms with van der Waals surface area (Å²) in [5, 5.41) is 0. The monoisotopic (exact) mass is 250 g/mol. The van der Waals surface area contributed by atoms with Crippen molar-refractivity contribution in [2.75, 3.05) is 0 Å². The molecule has 1 heterocycles. The number of nitrogens with zero attached hydrogens (tertiary/aromatic N) is 2. The molecule has 1 fully saturated rings. The van der Waals surface area contributed by atoms with E-state index in [1.807, 2.05) is 6.20 Å². The fraction of sp³-hybridized carbons (Fsp3) is 0.786. The lowest BCUT2D eigenvalue weighted by Crippen LogP contribution is -2.37. The molecule has 0 amide bonds. The van der Waals surface area contributed by atoms with E-state index < -0.39 is 0 Å². The van der Waals surface area contributed by atoms with E-state index in [1.165, 1.54) is 25.7 Å². The van der Waals surface area contributed by atoms with E-state index in [1.54, 1.807) is 0 Å². The molecule has 0 radical (unpaired) electrons. The number of imidazole rings is 1. The molecule has 1 aliphatic rings. The molecule has 0 aromatic carbocycles. The van der Waals surface area contributed by atoms with E-state index in [2.05, 4.69) is 35.0 Å². The largest absolute Gasteiger partial charge is 0.334 e. The number of aromatic nitrogens is 2. The Hall–Kier alpha value is -0.870. The van der Waals surface area contributed by atoms with Crippen molar-refractivity contribution in [3.8, 4) is 0 Å². The van der Waals surface area contributed by atoms with Crippen molar-refractivity contribution in [1.82, 2.24) is 15.0 Å². The number of hydrogen-bond donors (Lipinski definition) is 2. The van der Waals surface area contributed by atoms with Gasteiger partial charge in [-0.1, -0.05) is 26.7 Å². The van der Waals surface area contributed by atoms with Gasteiger partial charge in [0.15, 0.2) is 0 Å². The van der Waals surface area contributed by atoms with E-state index in [4.69, 9.17) is 5.84 Å². The second-order valence-electron chi connectivity index (χ2n) is 5.66. The highest BCUT2D eigenvalue weighted by atomic mass is 15.3. The summed E-state index contributed by atoms with van der Waals surface area (Å²) < 4.78 is 2.24. The first-order valence-electron chi connectivity index (χ1n) is 7.23. The van der Waals surface area contributed by atoms with Crippen LogP contribution in [0.25, 0.3) is 0 Å². The average Bonchev–Trinajstić information content (AvgIpc) is 2.79. The summed E-state index contributed by atoms with van der Waals surface area (Å²) in [6.07, 6.45) is 10.3. The normalized spacial score (nSPS) is 26.2. The van der Waals surface area contributed by atoms with E-state index in [9.17, 15) is 0 Å². The van der Waals surface area contributed by atoms with Crippen molar-refractivity contribution in [2.24, 2.45) is 17.7 Å². The average molecular weight is 250 g/mol. The Kier molecular flexibility index (Phi) is 4.78. The van der Waals surface area contributed by atoms with E-state index in [0.717, 1.165) is 24.7 Å². The molecule has 2 rings (SSSR count). The number of nitrogens with one attached hydrogen (secondary N) is 1. The third kappa shape index (κ3) is 2.93. The molecule has 1 saturated carbocycles. The third-order valence-corrected chi connectivity index (χ3v) is 4.12. The molecule has 3 atom stereocenters. The van der Waals surface area contributed by atoms with Crippen molar-refractivity contribution < 1.29 is 0 Å². The highest BCUT2D eigenvalue weighted by Gasteiger charge is 2.29. The Labute approximate surface area is 110 Å². The van der Waals surface area contributed by atoms with Gasteiger partial charge in [0.1, 0.15) is 5.82 Å². The second kappa shape index (κ2) is 6.34. The lowest BCUT2D eigenvalue weighted by molar-refractivity contribution is 0.215. The molecule has 0 aliphatic heterocycles. The SMILES string of the molecule is CCCn1ccnc1C(NN)C1CCCC(C)C1. The molecule has 102 valence electrons. The summed E-state index contributed by atoms with van der Waals surface area (Å²) in [6, 6.07) is 0.203. The number of hydrogen-bond acceptors (Lipinski definition) is 3. The first-order chi connectivity index (χ1) is 8.76. The zero-order valence-corrected chi connectivity index (χ0v) is 11.6. The van der Waals surface area contributed by atoms with Gasteiger partial charge in [0.2, 0.25) is 0 Å². The molecule has 0 saturated heterocycles. The van der Waals surface area contributed by atoms with Crippen LogP contribution in [-0.2, 0) is 6.54 Å². The van der Waals surface area contributed by atoms with Crippen LogP contribution in [0.3, 0.4) is 0 Å². The Balaban J connectivity index is 2.13. The predicted molar refractivity (Wildman–Crippen MR) is 73.7 cm³/mol. The maximum atomic E-state index is 5.80. The van der Waals surface area contributed by atoms with Gasteiger partial charge in [-0.3, -0.25) is 5.84 Å². The first kappa shape index (κ1) is 13.6. The van der Waals surface area contributed by atoms with Crippen molar-refractivity contribution in [3.05, 3.63) is 18.2 Å². The molecule has 4 heteroatoms. The van der Waals surface area contributed by atoms with Gasteiger partial charge in [0.25, 0.3) is 0 Å². The van der Waals surface area contributed by atoms with Crippen LogP contribution >= 0.6 is 0 Å². The van der Waals surface area contributed by atoms with Crippen LogP contribution in [-0.4, -0.2) is 9.55 Å². The predicted octanol–water partition coefficient (Wildman–Crippen LogP) is 2.62. The Bertz CT molecular complexity index is 360. The highest BCUT2D eigenvalue weighted by Crippen LogP contribution is 2.36. The fourth-order valence-electron chi connectivity index (χ4n) is 3.23. The molecule has 1 aromatic rings. The van der Waals surface area contributed by atoms with Gasteiger partial charge in [-0.15, -0.1) is 0 Å². The first-order valence-corrected chi connectivity index (χ1v) is 7.23. The van der Waals surface area contributed by atoms with Gasteiger partial charge in [0.05, 0.1) is 6.04 Å². The smallest absolute Gasteiger partial charge is 0.127 e. The van der Waals surface area contributed by atoms with Gasteiger partial charge in [-0.05, 0) is 31.1 Å². The molecule has 0 bridgehead atoms. The Morgan fingerprint density at radius 1 is 1.56 bits per heavy atom. The van der Waals surface area contributed by atoms with Crippen molar-refractivity contribution in [1.29, 1.82) is 0 Å². The lowest BCUT2D eigenvalue weighted by Gasteiger charge is -2.32. The summed E-state index contributed by atoms with van der Waals surface area (Å²) in [5.41, 5.74) is 3.01. The highest BCUT2D eigenvalue weighted by molar-refractivity contribution is 5.02. The summed E-state index contributed by atoms with van der Waals surface area (Å²) in [7, 11) is 0. The van der Waals surface area contributed by atoms with Crippen LogP contribution in [0.15, 0.2) is 12.4 Å². The van der Waals surface area contributed by atoms with E-state index in [0.29, 0.717) is 5.92 Å². The summed E-state index contributed by atoms with van der Waals surface area (Å²) in [4.78, 5) is 4.53. The fourth-order valence-corrected chi connectivity index (χ4v) is 3.23. The van der Waals surface area contributed by atoms with Crippen molar-refractivity contribution in [2.45, 2.75) is 58.5 Å². The maximum absolute atomic E-state index is 5.80. The molecule has 3 unspecified atom stereocenters. The Morgan fingerprint density at radius 2 is 2.39 bits per heavy atom. The number of aryl methyl sites for hydroxylation is 1. The number of nitrogens with two attached hydrogens (primary N) is 1. The molecule has 1 aromatic heterocycles. The second-order valence-corrected chi connectivity index (χ2v) is 5.66. The zero-order valence-electron chi connectivity index (χ0n) is 11.6. The lowest BCUT2D eigenvalue weighted by atomic mass is 9.78. The quantitative estimate of drug-likeness (QED) is 0.624. The topological polar surface area (TPSA) is 55.9 Å². The number of hydrazine groups is 1. The van der Waals surface area contributed by atoms with Crippen molar-refractivity contribution >= 4 is 0 Å². The van der Waals surface area contributed by atoms with Crippen LogP contribution < -0.4 is 11.3 Å². The minimum absolute atomic E-state index is 0.203. The van der Waals surface area contributed by atoms with Crippen LogP contribution in [0.1, 0.15) is 57.8 Å². The molecule has 0 spiro atoms. The minimum atomic E-state index is 0.203. The van der Waals surface area contributed by atoms with Crippen LogP contribution in [0.2, 0.25) is 0 Å². The zero-order chi connectivity index (χ0) is 13.0. The molecular formula is C14H26N4. The van der Waals surface area contributed by atoms with Gasteiger partial charge < -0.3 is 4.57 Å². The number of rotatable bonds is 5. The summed E-state index contributed by atoms with van der Waals surface area (Å²) >= 11 is 0. The molecule has 3 N–H and O–H groups in total. The Morgan fingerprint density at radius 3 is 3.06 bits per heavy atom. The minimum Gasteiger partial charge on any atom is -0.334 e. The van der Waals surface area contributed by atoms with Gasteiger partial charge >= 0.3 is 0 Å². The van der Waals surface area contributed by atoms with Crippen LogP contribution in [0.5, 0.6) is 0 Å². The molecule has 4 nitrogen and oxygen atoms in total. The molecule has 1 aliphatic carbocycles. The van der Waals surface area contributed by atoms with Crippen LogP contribution in [0.4, 0.5) is 0 Å². The van der Waals surface area contributed by atoms with Gasteiger partial charge in [0, 0.05) is 18.9 Å². The van der Waals surface area contributed by atoms with E-state index >= 15 is 0 Å². The summed E-state index contributed by atoms with van der Waals surface area (Å²) in [6.45, 7) is 5.56. The third-order valence-electron chi connectivity index (χ3n) is 4.12. The van der Waals surface area contributed by atoms with E-state index in [-0.39, 0.29) is 6.04 Å². The van der Waals surface area contributed by atoms with Gasteiger partial charge in [-0.25, -0.2) is 10.4 Å². The standard InChI is InChI=1S/C14H26N4/c1-3-8-18-9-7-16-14(18)13(17-15)12-6-4-5-11(2)10-12/h7,9,11-13,17H,3-6,8,10,15H2,1-2H3. The van der Waals surface area contributed by atoms with Crippen LogP contribution in [0, 0.1) is 11.8 Å². The summed E-state index contributed by atoms with van der Waals surface area (Å²) in [5.74, 6) is 8.35. The maximum Gasteiger partial charge on any atom is 0.127 e. The van der Waals surface area contributed by atoms with Crippen molar-refractivity contribution in [3.63, 3.8) is 0 Å². The molecule has 18 heavy (non-hydrogen) atoms. The van der Waals surface area contributed by atoms with Gasteiger partial charge in [-0.2, -0.15) is 0 Å².